The predicted octanol–water partition coefficient (Wildman–Crippen LogP) is 19.0. The van der Waals surface area contributed by atoms with Gasteiger partial charge < -0.3 is 83.7 Å². The minimum atomic E-state index is -0.786. The van der Waals surface area contributed by atoms with Crippen LogP contribution in [-0.2, 0) is 0 Å². The average molecular weight is 1940 g/mol. The molecule has 0 atom stereocenters. The van der Waals surface area contributed by atoms with E-state index in [2.05, 4.69) is 101 Å². The Bertz CT molecular complexity index is 7980. The molecule has 714 valence electrons. The summed E-state index contributed by atoms with van der Waals surface area (Å²) < 4.78 is 153. The van der Waals surface area contributed by atoms with Gasteiger partial charge in [-0.3, -0.25) is 22.3 Å². The van der Waals surface area contributed by atoms with Gasteiger partial charge in [0.2, 0.25) is 47.8 Å². The molecule has 1 aliphatic rings. The highest BCUT2D eigenvalue weighted by atomic mass is 35.5. The second-order valence-corrected chi connectivity index (χ2v) is 31.4. The van der Waals surface area contributed by atoms with E-state index in [1.807, 2.05) is 74.5 Å². The number of hydrogen-bond donors (Lipinski definition) is 10. The smallest absolute Gasteiger partial charge is 0.239 e. The molecule has 0 radical (unpaired) electrons. The number of anilines is 15. The van der Waals surface area contributed by atoms with Crippen molar-refractivity contribution in [2.45, 2.75) is 41.5 Å². The molecule has 0 saturated heterocycles. The van der Waals surface area contributed by atoms with Gasteiger partial charge in [0.25, 0.3) is 0 Å². The number of hydrogen-bond acceptors (Lipinski definition) is 31. The first-order valence-corrected chi connectivity index (χ1v) is 42.7. The van der Waals surface area contributed by atoms with Crippen molar-refractivity contribution in [2.24, 2.45) is 0 Å². The normalized spacial score (nSPS) is 11.3. The number of aryl methyl sites for hydroxylation is 6. The highest BCUT2D eigenvalue weighted by Gasteiger charge is 2.27. The zero-order chi connectivity index (χ0) is 99.5. The molecular weight excluding hydrogens is 1860 g/mol. The van der Waals surface area contributed by atoms with Crippen LogP contribution < -0.4 is 83.7 Å². The second kappa shape index (κ2) is 39.8. The first-order valence-electron chi connectivity index (χ1n) is 42.3. The Morgan fingerprint density at radius 2 is 0.617 bits per heavy atom. The summed E-state index contributed by atoms with van der Waals surface area (Å²) >= 11 is 5.86. The van der Waals surface area contributed by atoms with Crippen molar-refractivity contribution in [3.63, 3.8) is 0 Å². The summed E-state index contributed by atoms with van der Waals surface area (Å²) in [6, 6.07) is 52.6. The first kappa shape index (κ1) is 94.3. The van der Waals surface area contributed by atoms with Crippen molar-refractivity contribution < 1.29 is 63.5 Å². The van der Waals surface area contributed by atoms with Crippen molar-refractivity contribution in [1.29, 1.82) is 0 Å². The third-order valence-electron chi connectivity index (χ3n) is 21.5. The second-order valence-electron chi connectivity index (χ2n) is 31.0. The van der Waals surface area contributed by atoms with Crippen LogP contribution in [-0.4, -0.2) is 132 Å². The largest absolute Gasteiger partial charge is 0.497 e. The maximum absolute atomic E-state index is 14.7. The third-order valence-corrected chi connectivity index (χ3v) is 21.7. The number of methoxy groups -OCH3 is 4. The van der Waals surface area contributed by atoms with Gasteiger partial charge in [-0.25, -0.2) is 68.0 Å². The summed E-state index contributed by atoms with van der Waals surface area (Å²) in [4.78, 5) is 63.9. The summed E-state index contributed by atoms with van der Waals surface area (Å²) in [5, 5.41) is 15.1. The number of nitrogen functional groups attached to an aromatic ring is 5. The molecule has 0 spiro atoms. The van der Waals surface area contributed by atoms with E-state index in [4.69, 9.17) is 68.7 Å². The number of nitrogens with zero attached hydrogens (tertiary/aromatic N) is 20. The van der Waals surface area contributed by atoms with E-state index < -0.39 is 46.5 Å². The molecule has 0 bridgehead atoms. The van der Waals surface area contributed by atoms with Gasteiger partial charge in [-0.1, -0.05) is 29.3 Å². The molecule has 141 heavy (non-hydrogen) atoms. The van der Waals surface area contributed by atoms with Crippen molar-refractivity contribution in [3.05, 3.63) is 293 Å². The highest BCUT2D eigenvalue weighted by Crippen LogP contribution is 2.39. The van der Waals surface area contributed by atoms with Crippen molar-refractivity contribution >= 4 is 137 Å². The molecule has 13 aromatic heterocycles. The molecule has 1 aliphatic heterocycles. The van der Waals surface area contributed by atoms with Crippen molar-refractivity contribution in [2.75, 3.05) is 90.5 Å². The molecule has 7 aromatic carbocycles. The summed E-state index contributed by atoms with van der Waals surface area (Å²) in [5.74, 6) is -1.13. The Labute approximate surface area is 799 Å². The number of halogens is 9. The van der Waals surface area contributed by atoms with Crippen LogP contribution in [0.15, 0.2) is 207 Å². The lowest BCUT2D eigenvalue weighted by atomic mass is 10.2. The van der Waals surface area contributed by atoms with Gasteiger partial charge in [-0.2, -0.15) is 41.9 Å². The number of nitrogens with one attached hydrogen (secondary N) is 5. The van der Waals surface area contributed by atoms with Crippen LogP contribution in [0.25, 0.3) is 85.5 Å². The molecule has 15 N–H and O–H groups in total. The number of ether oxygens (including phenoxy) is 6. The Morgan fingerprint density at radius 3 is 0.972 bits per heavy atom. The summed E-state index contributed by atoms with van der Waals surface area (Å²) in [7, 11) is 6.29. The van der Waals surface area contributed by atoms with Crippen LogP contribution in [0, 0.1) is 88.1 Å². The Kier molecular flexibility index (Phi) is 26.6. The van der Waals surface area contributed by atoms with Gasteiger partial charge in [0.1, 0.15) is 86.1 Å². The molecule has 0 saturated carbocycles. The quantitative estimate of drug-likeness (QED) is 0.0336. The molecule has 45 heteroatoms. The van der Waals surface area contributed by atoms with Crippen LogP contribution in [0.2, 0.25) is 5.02 Å². The lowest BCUT2D eigenvalue weighted by molar-refractivity contribution is 0.174. The monoisotopic (exact) mass is 1940 g/mol. The number of fused-ring (bicyclic) bond motifs is 6. The lowest BCUT2D eigenvalue weighted by Crippen LogP contribution is -2.10. The fourth-order valence-electron chi connectivity index (χ4n) is 14.7. The highest BCUT2D eigenvalue weighted by molar-refractivity contribution is 6.30. The molecular formula is C96H81ClF8N30O6. The van der Waals surface area contributed by atoms with Gasteiger partial charge in [0.15, 0.2) is 87.2 Å². The summed E-state index contributed by atoms with van der Waals surface area (Å²) in [5.41, 5.74) is 40.5. The van der Waals surface area contributed by atoms with Gasteiger partial charge in [0.05, 0.1) is 67.6 Å². The van der Waals surface area contributed by atoms with Crippen LogP contribution >= 0.6 is 11.6 Å². The maximum atomic E-state index is 14.7. The number of benzene rings is 7. The molecule has 0 aliphatic carbocycles. The van der Waals surface area contributed by atoms with Crippen LogP contribution in [0.4, 0.5) is 122 Å². The third kappa shape index (κ3) is 20.1. The Morgan fingerprint density at radius 1 is 0.312 bits per heavy atom. The number of aromatic nitrogens is 20. The van der Waals surface area contributed by atoms with Gasteiger partial charge in [-0.15, -0.1) is 0 Å². The predicted molar refractivity (Wildman–Crippen MR) is 518 cm³/mol. The zero-order valence-corrected chi connectivity index (χ0v) is 76.8. The fourth-order valence-corrected chi connectivity index (χ4v) is 14.9. The number of pyridine rings is 3. The van der Waals surface area contributed by atoms with Crippen LogP contribution in [0.5, 0.6) is 34.5 Å². The van der Waals surface area contributed by atoms with E-state index in [0.717, 1.165) is 22.1 Å². The fraction of sp³-hybridized carbons (Fsp3) is 0.115. The molecule has 20 aromatic rings. The molecule has 0 unspecified atom stereocenters. The Balaban J connectivity index is 0.000000121. The van der Waals surface area contributed by atoms with Crippen molar-refractivity contribution in [3.8, 4) is 80.9 Å². The molecule has 0 amide bonds. The first-order chi connectivity index (χ1) is 67.8. The number of rotatable bonds is 19. The number of imidazole rings is 5. The van der Waals surface area contributed by atoms with E-state index in [0.29, 0.717) is 136 Å². The topological polar surface area (TPSA) is 462 Å². The molecule has 14 heterocycles. The minimum Gasteiger partial charge on any atom is -0.497 e. The number of nitrogens with two attached hydrogens (primary N) is 5. The maximum Gasteiger partial charge on any atom is 0.239 e. The van der Waals surface area contributed by atoms with E-state index in [9.17, 15) is 35.1 Å². The zero-order valence-electron chi connectivity index (χ0n) is 76.0. The summed E-state index contributed by atoms with van der Waals surface area (Å²) in [6.07, 6.45) is 3.81. The SMILES string of the molecule is COc1ccc(Nc2nc(-c3c(C)nc4ccc(F)cn34)nc(N)c2F)cc1.COc1ccc(Nc2nc(-n3c(C)nc4ccc(OC)cc43)nc(N)c2F)cc1.COc1ccc2nc(C)n(-c3nc(N)c(F)c(Nc4ccc5c(c4)OCO5)n3)c2c1.Cc1ccc(Nc2nc(-c3c(C)nc4ccc(F)cn34)nc(N)c2F)cc1.Cc1nc2ccc(F)cn2c1-c1nc(N)c(F)c(Nc2ccc(Cl)cc2)n1. The van der Waals surface area contributed by atoms with E-state index in [1.54, 1.807) is 162 Å². The lowest BCUT2D eigenvalue weighted by Gasteiger charge is -2.12. The van der Waals surface area contributed by atoms with E-state index in [1.165, 1.54) is 62.1 Å². The molecule has 21 rings (SSSR count). The van der Waals surface area contributed by atoms with Gasteiger partial charge in [0, 0.05) is 70.2 Å². The van der Waals surface area contributed by atoms with Gasteiger partial charge in [-0.05, 0) is 199 Å². The molecule has 36 nitrogen and oxygen atoms in total. The van der Waals surface area contributed by atoms with Gasteiger partial charge >= 0.3 is 0 Å². The van der Waals surface area contributed by atoms with Crippen molar-refractivity contribution in [1.82, 2.24) is 97.1 Å². The standard InChI is InChI=1S/C20H17FN6O3.C20H19FN6O2.C19H16F2N6O.C19H16F2N6.C18H13ClF2N6/c1-10-23-13-5-4-12(28-2)8-14(13)27(10)20-25-18(22)17(21)19(26-20)24-11-3-6-15-16(7-11)30-9-29-15;1-11-23-15-9-8-14(29-3)10-16(15)27(11)20-25-18(22)17(21)19(26-20)24-12-4-6-13(28-2)7-5-12;1-10-16(27-9-11(20)3-8-14(27)23-10)19-25-17(22)15(21)18(26-19)24-12-4-6-13(28-2)7-5-12;1-10-3-6-13(7-4-10)24-18-15(21)17(22)25-19(26-18)16-11(2)23-14-8-5-12(20)9-27(14)16;1-9-15(27-8-11(20)4-7-13(27)23-9)18-25-16(22)14(21)17(26-18)24-12-5-2-10(19)3-6-12/h3-8H,9H2,1-2H3,(H3,22,24,25,26);4-10H,1-3H3,(H3,22,24,25,26);3-9H,1-2H3,(H3,22,24,25,26);3-9H,1-2H3,(H3,22,24,25,26);2-8H,1H3,(H3,22,24,25,26). The van der Waals surface area contributed by atoms with E-state index >= 15 is 0 Å². The minimum absolute atomic E-state index is 0.0400. The van der Waals surface area contributed by atoms with E-state index in [-0.39, 0.29) is 94.3 Å². The van der Waals surface area contributed by atoms with Crippen LogP contribution in [0.3, 0.4) is 0 Å². The summed E-state index contributed by atoms with van der Waals surface area (Å²) in [6.45, 7) is 10.9. The van der Waals surface area contributed by atoms with Crippen LogP contribution in [0.1, 0.15) is 34.3 Å². The molecule has 0 fully saturated rings. The average Bonchev–Trinajstić information content (AvgIpc) is 1.46. The Hall–Kier alpha value is -18.5.